The number of alkyl carbamates (subject to hydrolysis) is 1. The largest absolute Gasteiger partial charge is 0.479 e. The molecule has 1 aliphatic rings. The Morgan fingerprint density at radius 1 is 1.09 bits per heavy atom. The summed E-state index contributed by atoms with van der Waals surface area (Å²) in [7, 11) is 1.64. The van der Waals surface area contributed by atoms with Gasteiger partial charge in [-0.15, -0.1) is 0 Å². The van der Waals surface area contributed by atoms with Crippen LogP contribution in [0.5, 0.6) is 0 Å². The molecule has 1 aliphatic carbocycles. The number of carboxylic acids is 1. The van der Waals surface area contributed by atoms with E-state index < -0.39 is 30.6 Å². The van der Waals surface area contributed by atoms with E-state index in [9.17, 15) is 19.5 Å². The smallest absolute Gasteiger partial charge is 0.407 e. The molecule has 4 rings (SSSR count). The number of carboxylic acid groups (broad SMARTS) is 1. The third-order valence-corrected chi connectivity index (χ3v) is 5.35. The van der Waals surface area contributed by atoms with Crippen LogP contribution in [-0.4, -0.2) is 46.0 Å². The Bertz CT molecular complexity index is 1130. The number of nitrogens with one attached hydrogen (secondary N) is 2. The first kappa shape index (κ1) is 21.1. The van der Waals surface area contributed by atoms with Crippen molar-refractivity contribution < 1.29 is 24.2 Å². The molecule has 0 saturated carbocycles. The molecule has 1 unspecified atom stereocenters. The molecule has 9 nitrogen and oxygen atoms in total. The van der Waals surface area contributed by atoms with Gasteiger partial charge in [0.1, 0.15) is 13.2 Å². The van der Waals surface area contributed by atoms with E-state index in [0.717, 1.165) is 22.3 Å². The summed E-state index contributed by atoms with van der Waals surface area (Å²) in [5.41, 5.74) is 4.73. The van der Waals surface area contributed by atoms with E-state index in [1.54, 1.807) is 7.05 Å². The fourth-order valence-corrected chi connectivity index (χ4v) is 3.89. The van der Waals surface area contributed by atoms with Crippen LogP contribution >= 0.6 is 0 Å². The predicted molar refractivity (Wildman–Crippen MR) is 115 cm³/mol. The van der Waals surface area contributed by atoms with E-state index in [-0.39, 0.29) is 12.5 Å². The van der Waals surface area contributed by atoms with Gasteiger partial charge in [0.05, 0.1) is 6.20 Å². The van der Waals surface area contributed by atoms with Gasteiger partial charge in [0.25, 0.3) is 0 Å². The van der Waals surface area contributed by atoms with Gasteiger partial charge in [-0.2, -0.15) is 5.10 Å². The molecule has 0 aliphatic heterocycles. The number of rotatable bonds is 7. The van der Waals surface area contributed by atoms with Crippen molar-refractivity contribution in [2.45, 2.75) is 12.0 Å². The molecule has 0 fully saturated rings. The molecule has 3 N–H and O–H groups in total. The van der Waals surface area contributed by atoms with Crippen molar-refractivity contribution in [3.8, 4) is 11.1 Å². The molecular weight excluding hydrogens is 412 g/mol. The SMILES string of the molecule is Cn1cc(C(NC(=O)CNC(=O)OCC2c3ccccc3-c3ccccc32)C(=O)O)cn1. The molecule has 0 saturated heterocycles. The monoisotopic (exact) mass is 434 g/mol. The number of carbonyl (C=O) groups excluding carboxylic acids is 2. The highest BCUT2D eigenvalue weighted by atomic mass is 16.5. The zero-order chi connectivity index (χ0) is 22.7. The Labute approximate surface area is 184 Å². The minimum absolute atomic E-state index is 0.0936. The molecule has 1 aromatic heterocycles. The van der Waals surface area contributed by atoms with E-state index in [1.165, 1.54) is 17.1 Å². The molecule has 2 amide bonds. The third-order valence-electron chi connectivity index (χ3n) is 5.35. The molecule has 0 spiro atoms. The lowest BCUT2D eigenvalue weighted by Crippen LogP contribution is -2.41. The maximum Gasteiger partial charge on any atom is 0.407 e. The zero-order valence-corrected chi connectivity index (χ0v) is 17.3. The molecule has 3 aromatic rings. The van der Waals surface area contributed by atoms with Gasteiger partial charge < -0.3 is 20.5 Å². The number of benzene rings is 2. The normalized spacial score (nSPS) is 13.0. The summed E-state index contributed by atoms with van der Waals surface area (Å²) in [6.45, 7) is -0.296. The van der Waals surface area contributed by atoms with Crippen LogP contribution in [0.3, 0.4) is 0 Å². The van der Waals surface area contributed by atoms with Crippen LogP contribution in [0, 0.1) is 0 Å². The van der Waals surface area contributed by atoms with E-state index in [0.29, 0.717) is 5.56 Å². The second-order valence-corrected chi connectivity index (χ2v) is 7.47. The number of nitrogens with zero attached hydrogens (tertiary/aromatic N) is 2. The number of carbonyl (C=O) groups is 3. The first-order valence-corrected chi connectivity index (χ1v) is 10.0. The second kappa shape index (κ2) is 8.93. The molecule has 1 atom stereocenters. The fourth-order valence-electron chi connectivity index (χ4n) is 3.89. The van der Waals surface area contributed by atoms with Gasteiger partial charge >= 0.3 is 12.1 Å². The highest BCUT2D eigenvalue weighted by Crippen LogP contribution is 2.44. The maximum absolute atomic E-state index is 12.2. The van der Waals surface area contributed by atoms with Crippen molar-refractivity contribution >= 4 is 18.0 Å². The lowest BCUT2D eigenvalue weighted by Gasteiger charge is -2.15. The summed E-state index contributed by atoms with van der Waals surface area (Å²) in [6.07, 6.45) is 2.10. The topological polar surface area (TPSA) is 123 Å². The highest BCUT2D eigenvalue weighted by Gasteiger charge is 2.29. The Hall–Kier alpha value is -4.14. The summed E-state index contributed by atoms with van der Waals surface area (Å²) in [4.78, 5) is 35.8. The van der Waals surface area contributed by atoms with E-state index >= 15 is 0 Å². The average Bonchev–Trinajstić information content (AvgIpc) is 3.35. The van der Waals surface area contributed by atoms with Gasteiger partial charge in [0, 0.05) is 24.7 Å². The fraction of sp³-hybridized carbons (Fsp3) is 0.217. The number of hydrogen-bond donors (Lipinski definition) is 3. The number of aryl methyl sites for hydroxylation is 1. The molecule has 164 valence electrons. The van der Waals surface area contributed by atoms with Gasteiger partial charge in [-0.05, 0) is 22.3 Å². The minimum Gasteiger partial charge on any atom is -0.479 e. The molecule has 1 heterocycles. The van der Waals surface area contributed by atoms with Crippen molar-refractivity contribution in [3.05, 3.63) is 77.6 Å². The van der Waals surface area contributed by atoms with Crippen molar-refractivity contribution in [3.63, 3.8) is 0 Å². The van der Waals surface area contributed by atoms with Crippen LogP contribution in [0.2, 0.25) is 0 Å². The first-order chi connectivity index (χ1) is 15.4. The summed E-state index contributed by atoms with van der Waals surface area (Å²) < 4.78 is 6.81. The van der Waals surface area contributed by atoms with Gasteiger partial charge in [-0.3, -0.25) is 9.48 Å². The second-order valence-electron chi connectivity index (χ2n) is 7.47. The van der Waals surface area contributed by atoms with E-state index in [4.69, 9.17) is 4.74 Å². The number of ether oxygens (including phenoxy) is 1. The number of amides is 2. The molecule has 2 aromatic carbocycles. The van der Waals surface area contributed by atoms with Crippen LogP contribution in [0.25, 0.3) is 11.1 Å². The minimum atomic E-state index is -1.26. The number of aromatic nitrogens is 2. The number of aliphatic carboxylic acids is 1. The summed E-state index contributed by atoms with van der Waals surface area (Å²) in [5, 5.41) is 18.0. The maximum atomic E-state index is 12.2. The van der Waals surface area contributed by atoms with Gasteiger partial charge in [-0.1, -0.05) is 48.5 Å². The number of hydrogen-bond acceptors (Lipinski definition) is 5. The van der Waals surface area contributed by atoms with Crippen LogP contribution in [0.4, 0.5) is 4.79 Å². The van der Waals surface area contributed by atoms with E-state index in [2.05, 4.69) is 15.7 Å². The quantitative estimate of drug-likeness (QED) is 0.524. The summed E-state index contributed by atoms with van der Waals surface area (Å²) >= 11 is 0. The van der Waals surface area contributed by atoms with Crippen LogP contribution in [-0.2, 0) is 21.4 Å². The Morgan fingerprint density at radius 3 is 2.28 bits per heavy atom. The van der Waals surface area contributed by atoms with Crippen molar-refractivity contribution in [2.24, 2.45) is 7.05 Å². The molecule has 0 radical (unpaired) electrons. The van der Waals surface area contributed by atoms with Crippen molar-refractivity contribution in [1.29, 1.82) is 0 Å². The molecule has 32 heavy (non-hydrogen) atoms. The van der Waals surface area contributed by atoms with Crippen LogP contribution < -0.4 is 10.6 Å². The molecule has 0 bridgehead atoms. The van der Waals surface area contributed by atoms with Crippen LogP contribution in [0.1, 0.15) is 28.7 Å². The van der Waals surface area contributed by atoms with Gasteiger partial charge in [-0.25, -0.2) is 9.59 Å². The third kappa shape index (κ3) is 4.31. The number of fused-ring (bicyclic) bond motifs is 3. The van der Waals surface area contributed by atoms with Crippen LogP contribution in [0.15, 0.2) is 60.9 Å². The Kier molecular flexibility index (Phi) is 5.89. The Morgan fingerprint density at radius 2 is 1.72 bits per heavy atom. The summed E-state index contributed by atoms with van der Waals surface area (Å²) in [6, 6.07) is 14.7. The van der Waals surface area contributed by atoms with Crippen molar-refractivity contribution in [2.75, 3.05) is 13.2 Å². The van der Waals surface area contributed by atoms with Gasteiger partial charge in [0.15, 0.2) is 6.04 Å². The predicted octanol–water partition coefficient (Wildman–Crippen LogP) is 2.20. The van der Waals surface area contributed by atoms with Crippen molar-refractivity contribution in [1.82, 2.24) is 20.4 Å². The highest BCUT2D eigenvalue weighted by molar-refractivity contribution is 5.87. The molecular formula is C23H22N4O5. The summed E-state index contributed by atoms with van der Waals surface area (Å²) in [5.74, 6) is -1.98. The lowest BCUT2D eigenvalue weighted by atomic mass is 9.98. The zero-order valence-electron chi connectivity index (χ0n) is 17.3. The van der Waals surface area contributed by atoms with Gasteiger partial charge in [0.2, 0.25) is 5.91 Å². The molecule has 9 heteroatoms. The van der Waals surface area contributed by atoms with E-state index in [1.807, 2.05) is 48.5 Å². The lowest BCUT2D eigenvalue weighted by molar-refractivity contribution is -0.141. The standard InChI is InChI=1S/C23H22N4O5/c1-27-12-14(10-25-27)21(22(29)30)26-20(28)11-24-23(31)32-13-19-17-8-4-2-6-15(17)16-7-3-5-9-18(16)19/h2-10,12,19,21H,11,13H2,1H3,(H,24,31)(H,26,28)(H,29,30). The first-order valence-electron chi connectivity index (χ1n) is 10.0. The Balaban J connectivity index is 1.32. The average molecular weight is 434 g/mol.